The molecule has 3 heteroatoms. The molecule has 5 aromatic rings. The Balaban J connectivity index is 1.96. The van der Waals surface area contributed by atoms with Crippen molar-refractivity contribution >= 4 is 32.7 Å². The van der Waals surface area contributed by atoms with Crippen LogP contribution in [0.15, 0.2) is 65.3 Å². The molecule has 0 aliphatic rings. The summed E-state index contributed by atoms with van der Waals surface area (Å²) >= 11 is 0. The third kappa shape index (κ3) is 2.07. The van der Waals surface area contributed by atoms with Crippen molar-refractivity contribution in [3.05, 3.63) is 72.2 Å². The maximum atomic E-state index is 6.49. The summed E-state index contributed by atoms with van der Waals surface area (Å²) in [4.78, 5) is 4.39. The van der Waals surface area contributed by atoms with E-state index in [9.17, 15) is 0 Å². The molecule has 0 bridgehead atoms. The van der Waals surface area contributed by atoms with Crippen LogP contribution < -0.4 is 4.57 Å². The number of hydrogen-bond donors (Lipinski definition) is 0. The van der Waals surface area contributed by atoms with Gasteiger partial charge in [0.05, 0.1) is 12.6 Å². The second-order valence-electron chi connectivity index (χ2n) is 6.93. The van der Waals surface area contributed by atoms with Gasteiger partial charge in [-0.1, -0.05) is 47.4 Å². The van der Waals surface area contributed by atoms with Crippen molar-refractivity contribution in [3.63, 3.8) is 0 Å². The van der Waals surface area contributed by atoms with Crippen LogP contribution in [-0.2, 0) is 7.05 Å². The van der Waals surface area contributed by atoms with Gasteiger partial charge in [0.2, 0.25) is 0 Å². The summed E-state index contributed by atoms with van der Waals surface area (Å²) in [6.45, 7) is 4.15. The fraction of sp³-hybridized carbons (Fsp3) is 0.130. The fourth-order valence-corrected chi connectivity index (χ4v) is 3.81. The lowest BCUT2D eigenvalue weighted by molar-refractivity contribution is -0.663. The molecule has 0 aliphatic carbocycles. The van der Waals surface area contributed by atoms with Crippen LogP contribution >= 0.6 is 0 Å². The first-order valence-corrected chi connectivity index (χ1v) is 8.80. The molecule has 0 saturated heterocycles. The number of aromatic nitrogens is 2. The van der Waals surface area contributed by atoms with Crippen LogP contribution in [0.4, 0.5) is 0 Å². The fourth-order valence-electron chi connectivity index (χ4n) is 3.81. The Bertz CT molecular complexity index is 1310. The van der Waals surface area contributed by atoms with E-state index in [4.69, 9.17) is 4.42 Å². The second kappa shape index (κ2) is 5.40. The predicted octanol–water partition coefficient (Wildman–Crippen LogP) is 5.24. The number of aryl methyl sites for hydroxylation is 3. The molecule has 5 rings (SSSR count). The van der Waals surface area contributed by atoms with Gasteiger partial charge in [0.1, 0.15) is 16.9 Å². The Hall–Kier alpha value is -3.20. The van der Waals surface area contributed by atoms with E-state index in [-0.39, 0.29) is 0 Å². The Morgan fingerprint density at radius 3 is 2.50 bits per heavy atom. The lowest BCUT2D eigenvalue weighted by Gasteiger charge is -2.07. The van der Waals surface area contributed by atoms with E-state index in [1.54, 1.807) is 0 Å². The maximum absolute atomic E-state index is 6.49. The Morgan fingerprint density at radius 1 is 0.846 bits per heavy atom. The van der Waals surface area contributed by atoms with E-state index >= 15 is 0 Å². The highest BCUT2D eigenvalue weighted by Gasteiger charge is 2.20. The van der Waals surface area contributed by atoms with E-state index < -0.39 is 0 Å². The van der Waals surface area contributed by atoms with Gasteiger partial charge in [0.25, 0.3) is 6.33 Å². The second-order valence-corrected chi connectivity index (χ2v) is 6.93. The van der Waals surface area contributed by atoms with Gasteiger partial charge in [0.15, 0.2) is 5.69 Å². The van der Waals surface area contributed by atoms with Gasteiger partial charge in [-0.05, 0) is 23.9 Å². The number of furan rings is 1. The van der Waals surface area contributed by atoms with Crippen molar-refractivity contribution < 1.29 is 8.98 Å². The molecule has 0 unspecified atom stereocenters. The first-order valence-electron chi connectivity index (χ1n) is 8.80. The number of hydrogen-bond acceptors (Lipinski definition) is 2. The van der Waals surface area contributed by atoms with Crippen molar-refractivity contribution in [3.8, 4) is 11.3 Å². The van der Waals surface area contributed by atoms with Gasteiger partial charge >= 0.3 is 0 Å². The minimum atomic E-state index is 0.942. The molecule has 126 valence electrons. The topological polar surface area (TPSA) is 29.9 Å². The Morgan fingerprint density at radius 2 is 1.62 bits per heavy atom. The average molecular weight is 339 g/mol. The number of benzene rings is 3. The molecule has 0 N–H and O–H groups in total. The number of fused-ring (bicyclic) bond motifs is 5. The van der Waals surface area contributed by atoms with Crippen LogP contribution in [0.1, 0.15) is 11.3 Å². The maximum Gasteiger partial charge on any atom is 0.286 e. The van der Waals surface area contributed by atoms with Gasteiger partial charge in [-0.25, -0.2) is 4.57 Å². The van der Waals surface area contributed by atoms with Gasteiger partial charge in [-0.2, -0.15) is 0 Å². The third-order valence-electron chi connectivity index (χ3n) is 5.16. The molecular formula is C23H19N2O+. The molecule has 0 spiro atoms. The van der Waals surface area contributed by atoms with Crippen LogP contribution in [-0.4, -0.2) is 4.98 Å². The first kappa shape index (κ1) is 15.1. The van der Waals surface area contributed by atoms with Crippen molar-refractivity contribution in [1.82, 2.24) is 4.98 Å². The van der Waals surface area contributed by atoms with Crippen molar-refractivity contribution in [1.29, 1.82) is 0 Å². The van der Waals surface area contributed by atoms with Gasteiger partial charge in [0, 0.05) is 29.1 Å². The predicted molar refractivity (Wildman–Crippen MR) is 105 cm³/mol. The van der Waals surface area contributed by atoms with E-state index in [0.29, 0.717) is 0 Å². The normalized spacial score (nSPS) is 11.7. The van der Waals surface area contributed by atoms with Crippen LogP contribution in [0, 0.1) is 13.8 Å². The minimum Gasteiger partial charge on any atom is -0.455 e. The highest BCUT2D eigenvalue weighted by atomic mass is 16.3. The standard InChI is InChI=1S/C23H19N2O/c1-14-8-10-19-18-11-9-16-6-4-5-7-17(16)22(18)26-23(19)21(14)20-12-15(2)24-13-25(20)3/h4-13H,1-3H3/q+1. The molecule has 0 fully saturated rings. The molecule has 26 heavy (non-hydrogen) atoms. The molecule has 2 heterocycles. The van der Waals surface area contributed by atoms with Gasteiger partial charge in [-0.3, -0.25) is 0 Å². The summed E-state index contributed by atoms with van der Waals surface area (Å²) in [7, 11) is 2.03. The molecule has 0 amide bonds. The lowest BCUT2D eigenvalue weighted by atomic mass is 10.00. The van der Waals surface area contributed by atoms with Crippen LogP contribution in [0.2, 0.25) is 0 Å². The molecule has 0 aliphatic heterocycles. The van der Waals surface area contributed by atoms with Crippen LogP contribution in [0.25, 0.3) is 44.0 Å². The monoisotopic (exact) mass is 339 g/mol. The SMILES string of the molecule is Cc1cc(-c2c(C)ccc3c2oc2c4ccccc4ccc32)[n+](C)cn1. The van der Waals surface area contributed by atoms with Crippen molar-refractivity contribution in [2.75, 3.05) is 0 Å². The lowest BCUT2D eigenvalue weighted by Crippen LogP contribution is -2.31. The molecule has 0 saturated carbocycles. The molecule has 3 aromatic carbocycles. The molecule has 0 radical (unpaired) electrons. The summed E-state index contributed by atoms with van der Waals surface area (Å²) in [6, 6.07) is 19.2. The van der Waals surface area contributed by atoms with Gasteiger partial charge < -0.3 is 4.42 Å². The van der Waals surface area contributed by atoms with E-state index in [0.717, 1.165) is 44.3 Å². The van der Waals surface area contributed by atoms with E-state index in [1.165, 1.54) is 10.9 Å². The van der Waals surface area contributed by atoms with Crippen molar-refractivity contribution in [2.24, 2.45) is 7.05 Å². The third-order valence-corrected chi connectivity index (χ3v) is 5.16. The van der Waals surface area contributed by atoms with Crippen molar-refractivity contribution in [2.45, 2.75) is 13.8 Å². The zero-order valence-corrected chi connectivity index (χ0v) is 15.1. The largest absolute Gasteiger partial charge is 0.455 e. The molecular weight excluding hydrogens is 320 g/mol. The average Bonchev–Trinajstić information content (AvgIpc) is 3.03. The summed E-state index contributed by atoms with van der Waals surface area (Å²) in [5, 5.41) is 4.66. The van der Waals surface area contributed by atoms with E-state index in [2.05, 4.69) is 71.1 Å². The number of nitrogens with zero attached hydrogens (tertiary/aromatic N) is 2. The van der Waals surface area contributed by atoms with Crippen LogP contribution in [0.3, 0.4) is 0 Å². The molecule has 2 aromatic heterocycles. The highest BCUT2D eigenvalue weighted by Crippen LogP contribution is 2.39. The highest BCUT2D eigenvalue weighted by molar-refractivity contribution is 6.17. The van der Waals surface area contributed by atoms with E-state index in [1.807, 2.05) is 20.3 Å². The minimum absolute atomic E-state index is 0.942. The summed E-state index contributed by atoms with van der Waals surface area (Å²) in [5.41, 5.74) is 6.34. The molecule has 3 nitrogen and oxygen atoms in total. The molecule has 0 atom stereocenters. The summed E-state index contributed by atoms with van der Waals surface area (Å²) < 4.78 is 8.55. The first-order chi connectivity index (χ1) is 12.6. The van der Waals surface area contributed by atoms with Gasteiger partial charge in [-0.15, -0.1) is 0 Å². The smallest absolute Gasteiger partial charge is 0.286 e. The summed E-state index contributed by atoms with van der Waals surface area (Å²) in [5.74, 6) is 0. The Labute approximate surface area is 151 Å². The van der Waals surface area contributed by atoms with Crippen LogP contribution in [0.5, 0.6) is 0 Å². The number of rotatable bonds is 1. The quantitative estimate of drug-likeness (QED) is 0.391. The Kier molecular flexibility index (Phi) is 3.13. The summed E-state index contributed by atoms with van der Waals surface area (Å²) in [6.07, 6.45) is 1.86. The zero-order chi connectivity index (χ0) is 17.8. The zero-order valence-electron chi connectivity index (χ0n) is 15.1.